The summed E-state index contributed by atoms with van der Waals surface area (Å²) in [7, 11) is 0.498. The molecule has 7 nitrogen and oxygen atoms in total. The molecule has 1 aromatic carbocycles. The topological polar surface area (TPSA) is 64.2 Å². The van der Waals surface area contributed by atoms with E-state index < -0.39 is 10.0 Å². The SMILES string of the molecule is Cc1cccc(N2CCN(C(=O)CN(CCCN(C)C)S(C)(=O)=O)CC2)c1. The van der Waals surface area contributed by atoms with E-state index in [0.29, 0.717) is 26.1 Å². The predicted octanol–water partition coefficient (Wildman–Crippen LogP) is 0.857. The molecule has 152 valence electrons. The maximum Gasteiger partial charge on any atom is 0.238 e. The smallest absolute Gasteiger partial charge is 0.238 e. The zero-order valence-electron chi connectivity index (χ0n) is 16.9. The molecule has 8 heteroatoms. The molecule has 0 spiro atoms. The fourth-order valence-corrected chi connectivity index (χ4v) is 4.02. The van der Waals surface area contributed by atoms with Gasteiger partial charge in [0.1, 0.15) is 0 Å². The summed E-state index contributed by atoms with van der Waals surface area (Å²) >= 11 is 0. The summed E-state index contributed by atoms with van der Waals surface area (Å²) in [6.07, 6.45) is 1.88. The number of benzene rings is 1. The van der Waals surface area contributed by atoms with Gasteiger partial charge in [0, 0.05) is 38.4 Å². The molecule has 0 aromatic heterocycles. The van der Waals surface area contributed by atoms with Gasteiger partial charge in [0.25, 0.3) is 0 Å². The van der Waals surface area contributed by atoms with Crippen molar-refractivity contribution >= 4 is 21.6 Å². The fraction of sp³-hybridized carbons (Fsp3) is 0.632. The Morgan fingerprint density at radius 3 is 2.33 bits per heavy atom. The summed E-state index contributed by atoms with van der Waals surface area (Å²) in [5.74, 6) is -0.117. The number of rotatable bonds is 8. The molecule has 1 aromatic rings. The number of sulfonamides is 1. The average molecular weight is 397 g/mol. The largest absolute Gasteiger partial charge is 0.368 e. The van der Waals surface area contributed by atoms with Crippen molar-refractivity contribution in [2.75, 3.05) is 71.1 Å². The van der Waals surface area contributed by atoms with Crippen molar-refractivity contribution in [1.29, 1.82) is 0 Å². The third-order valence-electron chi connectivity index (χ3n) is 4.79. The summed E-state index contributed by atoms with van der Waals surface area (Å²) < 4.78 is 25.4. The Bertz CT molecular complexity index is 728. The molecule has 0 atom stereocenters. The molecule has 1 heterocycles. The van der Waals surface area contributed by atoms with Gasteiger partial charge in [0.05, 0.1) is 12.8 Å². The Hall–Kier alpha value is -1.64. The highest BCUT2D eigenvalue weighted by molar-refractivity contribution is 7.88. The molecular weight excluding hydrogens is 364 g/mol. The van der Waals surface area contributed by atoms with E-state index in [9.17, 15) is 13.2 Å². The highest BCUT2D eigenvalue weighted by atomic mass is 32.2. The molecule has 0 unspecified atom stereocenters. The van der Waals surface area contributed by atoms with Crippen molar-refractivity contribution in [3.05, 3.63) is 29.8 Å². The van der Waals surface area contributed by atoms with Gasteiger partial charge >= 0.3 is 0 Å². The molecule has 0 radical (unpaired) electrons. The Labute approximate surface area is 163 Å². The van der Waals surface area contributed by atoms with Crippen LogP contribution >= 0.6 is 0 Å². The summed E-state index contributed by atoms with van der Waals surface area (Å²) in [6.45, 7) is 5.89. The lowest BCUT2D eigenvalue weighted by molar-refractivity contribution is -0.131. The number of aryl methyl sites for hydroxylation is 1. The van der Waals surface area contributed by atoms with Gasteiger partial charge in [-0.2, -0.15) is 4.31 Å². The van der Waals surface area contributed by atoms with Crippen molar-refractivity contribution in [3.8, 4) is 0 Å². The van der Waals surface area contributed by atoms with Gasteiger partial charge < -0.3 is 14.7 Å². The second-order valence-corrected chi connectivity index (χ2v) is 9.44. The lowest BCUT2D eigenvalue weighted by Crippen LogP contribution is -2.52. The van der Waals surface area contributed by atoms with Crippen LogP contribution in [0.15, 0.2) is 24.3 Å². The second kappa shape index (κ2) is 9.52. The van der Waals surface area contributed by atoms with Crippen LogP contribution in [-0.2, 0) is 14.8 Å². The highest BCUT2D eigenvalue weighted by Crippen LogP contribution is 2.18. The Kier molecular flexibility index (Phi) is 7.64. The van der Waals surface area contributed by atoms with Gasteiger partial charge in [-0.25, -0.2) is 8.42 Å². The first-order valence-corrected chi connectivity index (χ1v) is 11.2. The fourth-order valence-electron chi connectivity index (χ4n) is 3.22. The summed E-state index contributed by atoms with van der Waals surface area (Å²) in [5.41, 5.74) is 2.39. The summed E-state index contributed by atoms with van der Waals surface area (Å²) in [4.78, 5) is 18.7. The summed E-state index contributed by atoms with van der Waals surface area (Å²) in [6, 6.07) is 8.34. The lowest BCUT2D eigenvalue weighted by atomic mass is 10.2. The van der Waals surface area contributed by atoms with Crippen LogP contribution in [0.25, 0.3) is 0 Å². The standard InChI is InChI=1S/C19H32N4O3S/c1-17-7-5-8-18(15-17)21-11-13-22(14-12-21)19(24)16-23(27(4,25)26)10-6-9-20(2)3/h5,7-8,15H,6,9-14,16H2,1-4H3. The third kappa shape index (κ3) is 6.79. The first-order valence-electron chi connectivity index (χ1n) is 9.36. The molecule has 1 saturated heterocycles. The van der Waals surface area contributed by atoms with Crippen molar-refractivity contribution in [1.82, 2.24) is 14.1 Å². The van der Waals surface area contributed by atoms with Crippen molar-refractivity contribution in [2.45, 2.75) is 13.3 Å². The number of amides is 1. The predicted molar refractivity (Wildman–Crippen MR) is 110 cm³/mol. The molecule has 0 bridgehead atoms. The molecular formula is C19H32N4O3S. The van der Waals surface area contributed by atoms with Crippen LogP contribution in [0.5, 0.6) is 0 Å². The summed E-state index contributed by atoms with van der Waals surface area (Å²) in [5, 5.41) is 0. The van der Waals surface area contributed by atoms with E-state index >= 15 is 0 Å². The average Bonchev–Trinajstić information content (AvgIpc) is 2.60. The first-order chi connectivity index (χ1) is 12.7. The van der Waals surface area contributed by atoms with E-state index in [-0.39, 0.29) is 12.5 Å². The molecule has 2 rings (SSSR count). The molecule has 1 fully saturated rings. The molecule has 1 aliphatic rings. The molecule has 0 aliphatic carbocycles. The van der Waals surface area contributed by atoms with Gasteiger partial charge in [-0.3, -0.25) is 4.79 Å². The quantitative estimate of drug-likeness (QED) is 0.652. The second-order valence-electron chi connectivity index (χ2n) is 7.46. The maximum absolute atomic E-state index is 12.6. The highest BCUT2D eigenvalue weighted by Gasteiger charge is 2.26. The van der Waals surface area contributed by atoms with Crippen molar-refractivity contribution in [2.24, 2.45) is 0 Å². The zero-order chi connectivity index (χ0) is 20.0. The van der Waals surface area contributed by atoms with Crippen LogP contribution in [0.3, 0.4) is 0 Å². The van der Waals surface area contributed by atoms with Gasteiger partial charge in [-0.15, -0.1) is 0 Å². The molecule has 1 amide bonds. The van der Waals surface area contributed by atoms with Crippen LogP contribution in [0, 0.1) is 6.92 Å². The number of hydrogen-bond donors (Lipinski definition) is 0. The molecule has 27 heavy (non-hydrogen) atoms. The van der Waals surface area contributed by atoms with Crippen molar-refractivity contribution in [3.63, 3.8) is 0 Å². The first kappa shape index (κ1) is 21.7. The van der Waals surface area contributed by atoms with E-state index in [2.05, 4.69) is 30.0 Å². The normalized spacial score (nSPS) is 15.6. The lowest BCUT2D eigenvalue weighted by Gasteiger charge is -2.37. The monoisotopic (exact) mass is 396 g/mol. The van der Waals surface area contributed by atoms with Crippen LogP contribution in [0.2, 0.25) is 0 Å². The number of carbonyl (C=O) groups is 1. The van der Waals surface area contributed by atoms with Crippen LogP contribution in [0.4, 0.5) is 5.69 Å². The van der Waals surface area contributed by atoms with Crippen molar-refractivity contribution < 1.29 is 13.2 Å². The molecule has 0 saturated carbocycles. The Balaban J connectivity index is 1.89. The van der Waals surface area contributed by atoms with Crippen LogP contribution < -0.4 is 4.90 Å². The van der Waals surface area contributed by atoms with Crippen LogP contribution in [-0.4, -0.2) is 94.6 Å². The van der Waals surface area contributed by atoms with E-state index in [4.69, 9.17) is 0 Å². The van der Waals surface area contributed by atoms with Gasteiger partial charge in [-0.05, 0) is 51.7 Å². The van der Waals surface area contributed by atoms with Gasteiger partial charge in [0.15, 0.2) is 0 Å². The van der Waals surface area contributed by atoms with Gasteiger partial charge in [-0.1, -0.05) is 12.1 Å². The number of hydrogen-bond acceptors (Lipinski definition) is 5. The minimum absolute atomic E-state index is 0.0727. The third-order valence-corrected chi connectivity index (χ3v) is 6.04. The van der Waals surface area contributed by atoms with E-state index in [1.807, 2.05) is 25.1 Å². The van der Waals surface area contributed by atoms with E-state index in [1.54, 1.807) is 4.90 Å². The molecule has 0 N–H and O–H groups in total. The van der Waals surface area contributed by atoms with E-state index in [1.165, 1.54) is 21.8 Å². The Morgan fingerprint density at radius 1 is 1.11 bits per heavy atom. The van der Waals surface area contributed by atoms with Crippen LogP contribution in [0.1, 0.15) is 12.0 Å². The number of piperazine rings is 1. The number of carbonyl (C=O) groups excluding carboxylic acids is 1. The zero-order valence-corrected chi connectivity index (χ0v) is 17.7. The minimum atomic E-state index is -3.40. The maximum atomic E-state index is 12.6. The molecule has 1 aliphatic heterocycles. The number of nitrogens with zero attached hydrogens (tertiary/aromatic N) is 4. The number of anilines is 1. The van der Waals surface area contributed by atoms with E-state index in [0.717, 1.165) is 19.6 Å². The van der Waals surface area contributed by atoms with Gasteiger partial charge in [0.2, 0.25) is 15.9 Å². The Morgan fingerprint density at radius 2 is 1.78 bits per heavy atom. The minimum Gasteiger partial charge on any atom is -0.368 e.